The summed E-state index contributed by atoms with van der Waals surface area (Å²) in [5, 5.41) is 5.25. The monoisotopic (exact) mass is 300 g/mol. The fourth-order valence-electron chi connectivity index (χ4n) is 2.08. The van der Waals surface area contributed by atoms with E-state index in [0.29, 0.717) is 12.1 Å². The van der Waals surface area contributed by atoms with Gasteiger partial charge in [0, 0.05) is 18.2 Å². The van der Waals surface area contributed by atoms with Gasteiger partial charge in [0.15, 0.2) is 0 Å². The third kappa shape index (κ3) is 4.22. The van der Waals surface area contributed by atoms with E-state index in [4.69, 9.17) is 4.42 Å². The Kier molecular flexibility index (Phi) is 4.99. The zero-order chi connectivity index (χ0) is 16.1. The molecule has 5 nitrogen and oxygen atoms in total. The molecule has 0 aliphatic heterocycles. The maximum Gasteiger partial charge on any atom is 0.313 e. The molecule has 1 aromatic carbocycles. The number of benzene rings is 1. The second kappa shape index (κ2) is 6.93. The fourth-order valence-corrected chi connectivity index (χ4v) is 2.08. The van der Waals surface area contributed by atoms with E-state index in [1.165, 1.54) is 0 Å². The summed E-state index contributed by atoms with van der Waals surface area (Å²) in [6.07, 6.45) is 2.12. The van der Waals surface area contributed by atoms with Crippen LogP contribution in [-0.2, 0) is 16.0 Å². The molecular formula is C17H20N2O3. The van der Waals surface area contributed by atoms with Crippen LogP contribution in [0.3, 0.4) is 0 Å². The van der Waals surface area contributed by atoms with Crippen LogP contribution in [0.1, 0.15) is 23.8 Å². The van der Waals surface area contributed by atoms with Crippen LogP contribution in [0.2, 0.25) is 0 Å². The standard InChI is InChI=1S/C17H20N2O3/c1-11-6-7-14(9-12(11)2)19-17(21)16(20)18-13(3)10-15-5-4-8-22-15/h4-9,13H,10H2,1-3H3,(H,18,20)(H,19,21). The van der Waals surface area contributed by atoms with E-state index in [-0.39, 0.29) is 6.04 Å². The van der Waals surface area contributed by atoms with Crippen LogP contribution in [0, 0.1) is 13.8 Å². The Morgan fingerprint density at radius 3 is 2.55 bits per heavy atom. The van der Waals surface area contributed by atoms with E-state index in [1.54, 1.807) is 18.4 Å². The fraction of sp³-hybridized carbons (Fsp3) is 0.294. The molecule has 1 aromatic heterocycles. The van der Waals surface area contributed by atoms with E-state index in [0.717, 1.165) is 16.9 Å². The lowest BCUT2D eigenvalue weighted by Gasteiger charge is -2.13. The number of amides is 2. The first kappa shape index (κ1) is 15.8. The van der Waals surface area contributed by atoms with Crippen LogP contribution in [-0.4, -0.2) is 17.9 Å². The molecule has 0 bridgehead atoms. The predicted octanol–water partition coefficient (Wildman–Crippen LogP) is 2.58. The highest BCUT2D eigenvalue weighted by Gasteiger charge is 2.17. The number of aryl methyl sites for hydroxylation is 2. The molecule has 0 spiro atoms. The van der Waals surface area contributed by atoms with Crippen molar-refractivity contribution in [2.75, 3.05) is 5.32 Å². The highest BCUT2D eigenvalue weighted by Crippen LogP contribution is 2.14. The SMILES string of the molecule is Cc1ccc(NC(=O)C(=O)NC(C)Cc2ccco2)cc1C. The number of furan rings is 1. The number of carbonyl (C=O) groups is 2. The van der Waals surface area contributed by atoms with Crippen molar-refractivity contribution in [3.05, 3.63) is 53.5 Å². The predicted molar refractivity (Wildman–Crippen MR) is 84.6 cm³/mol. The van der Waals surface area contributed by atoms with Gasteiger partial charge in [-0.05, 0) is 56.2 Å². The van der Waals surface area contributed by atoms with Crippen molar-refractivity contribution in [2.45, 2.75) is 33.2 Å². The maximum atomic E-state index is 11.9. The maximum absolute atomic E-state index is 11.9. The average Bonchev–Trinajstić information content (AvgIpc) is 2.95. The van der Waals surface area contributed by atoms with Crippen LogP contribution in [0.25, 0.3) is 0 Å². The molecule has 1 unspecified atom stereocenters. The van der Waals surface area contributed by atoms with Gasteiger partial charge in [-0.1, -0.05) is 6.07 Å². The van der Waals surface area contributed by atoms with Gasteiger partial charge in [-0.2, -0.15) is 0 Å². The van der Waals surface area contributed by atoms with Gasteiger partial charge in [-0.3, -0.25) is 9.59 Å². The molecule has 2 amide bonds. The molecule has 2 rings (SSSR count). The van der Waals surface area contributed by atoms with Crippen molar-refractivity contribution in [3.8, 4) is 0 Å². The summed E-state index contributed by atoms with van der Waals surface area (Å²) in [4.78, 5) is 23.8. The first-order chi connectivity index (χ1) is 10.5. The van der Waals surface area contributed by atoms with E-state index in [9.17, 15) is 9.59 Å². The number of nitrogens with one attached hydrogen (secondary N) is 2. The van der Waals surface area contributed by atoms with Crippen LogP contribution in [0.5, 0.6) is 0 Å². The molecule has 0 saturated carbocycles. The molecule has 0 saturated heterocycles. The van der Waals surface area contributed by atoms with E-state index in [1.807, 2.05) is 39.0 Å². The molecule has 0 aliphatic carbocycles. The van der Waals surface area contributed by atoms with Gasteiger partial charge in [0.2, 0.25) is 0 Å². The average molecular weight is 300 g/mol. The van der Waals surface area contributed by atoms with Crippen molar-refractivity contribution in [1.29, 1.82) is 0 Å². The zero-order valence-electron chi connectivity index (χ0n) is 13.0. The molecule has 1 heterocycles. The summed E-state index contributed by atoms with van der Waals surface area (Å²) in [7, 11) is 0. The summed E-state index contributed by atoms with van der Waals surface area (Å²) in [6, 6.07) is 8.95. The molecule has 22 heavy (non-hydrogen) atoms. The second-order valence-corrected chi connectivity index (χ2v) is 5.41. The minimum absolute atomic E-state index is 0.191. The van der Waals surface area contributed by atoms with Crippen LogP contribution in [0.4, 0.5) is 5.69 Å². The van der Waals surface area contributed by atoms with Crippen LogP contribution < -0.4 is 10.6 Å². The third-order valence-corrected chi connectivity index (χ3v) is 3.44. The molecule has 2 aromatic rings. The zero-order valence-corrected chi connectivity index (χ0v) is 13.0. The van der Waals surface area contributed by atoms with Crippen molar-refractivity contribution in [3.63, 3.8) is 0 Å². The normalized spacial score (nSPS) is 11.8. The Balaban J connectivity index is 1.88. The highest BCUT2D eigenvalue weighted by molar-refractivity contribution is 6.39. The van der Waals surface area contributed by atoms with E-state index in [2.05, 4.69) is 10.6 Å². The lowest BCUT2D eigenvalue weighted by molar-refractivity contribution is -0.136. The van der Waals surface area contributed by atoms with Gasteiger partial charge in [0.1, 0.15) is 5.76 Å². The van der Waals surface area contributed by atoms with Crippen molar-refractivity contribution >= 4 is 17.5 Å². The lowest BCUT2D eigenvalue weighted by atomic mass is 10.1. The van der Waals surface area contributed by atoms with Crippen molar-refractivity contribution in [1.82, 2.24) is 5.32 Å². The number of hydrogen-bond donors (Lipinski definition) is 2. The summed E-state index contributed by atoms with van der Waals surface area (Å²) in [5.41, 5.74) is 2.81. The Morgan fingerprint density at radius 2 is 1.91 bits per heavy atom. The molecular weight excluding hydrogens is 280 g/mol. The molecule has 5 heteroatoms. The lowest BCUT2D eigenvalue weighted by Crippen LogP contribution is -2.41. The molecule has 116 valence electrons. The Bertz CT molecular complexity index is 663. The number of hydrogen-bond acceptors (Lipinski definition) is 3. The molecule has 0 radical (unpaired) electrons. The first-order valence-electron chi connectivity index (χ1n) is 7.17. The number of rotatable bonds is 4. The molecule has 2 N–H and O–H groups in total. The first-order valence-corrected chi connectivity index (χ1v) is 7.17. The second-order valence-electron chi connectivity index (χ2n) is 5.41. The topological polar surface area (TPSA) is 71.3 Å². The van der Waals surface area contributed by atoms with Gasteiger partial charge >= 0.3 is 11.8 Å². The molecule has 1 atom stereocenters. The van der Waals surface area contributed by atoms with E-state index >= 15 is 0 Å². The van der Waals surface area contributed by atoms with E-state index < -0.39 is 11.8 Å². The van der Waals surface area contributed by atoms with Crippen LogP contribution >= 0.6 is 0 Å². The van der Waals surface area contributed by atoms with Gasteiger partial charge < -0.3 is 15.1 Å². The third-order valence-electron chi connectivity index (χ3n) is 3.44. The summed E-state index contributed by atoms with van der Waals surface area (Å²) < 4.78 is 5.21. The summed E-state index contributed by atoms with van der Waals surface area (Å²) in [5.74, 6) is -0.561. The van der Waals surface area contributed by atoms with Gasteiger partial charge in [-0.15, -0.1) is 0 Å². The largest absolute Gasteiger partial charge is 0.469 e. The smallest absolute Gasteiger partial charge is 0.313 e. The van der Waals surface area contributed by atoms with Gasteiger partial charge in [0.05, 0.1) is 6.26 Å². The minimum Gasteiger partial charge on any atom is -0.469 e. The summed E-state index contributed by atoms with van der Waals surface area (Å²) in [6.45, 7) is 5.77. The highest BCUT2D eigenvalue weighted by atomic mass is 16.3. The quantitative estimate of drug-likeness (QED) is 0.853. The van der Waals surface area contributed by atoms with Crippen molar-refractivity contribution < 1.29 is 14.0 Å². The Hall–Kier alpha value is -2.56. The molecule has 0 aliphatic rings. The number of carbonyl (C=O) groups excluding carboxylic acids is 2. The van der Waals surface area contributed by atoms with Crippen molar-refractivity contribution in [2.24, 2.45) is 0 Å². The summed E-state index contributed by atoms with van der Waals surface area (Å²) >= 11 is 0. The van der Waals surface area contributed by atoms with Gasteiger partial charge in [0.25, 0.3) is 0 Å². The Labute approximate surface area is 129 Å². The minimum atomic E-state index is -0.672. The Morgan fingerprint density at radius 1 is 1.14 bits per heavy atom. The van der Waals surface area contributed by atoms with Gasteiger partial charge in [-0.25, -0.2) is 0 Å². The van der Waals surface area contributed by atoms with Crippen LogP contribution in [0.15, 0.2) is 41.0 Å². The molecule has 0 fully saturated rings. The number of anilines is 1.